The molecular formula is C22H31N5O2. The minimum absolute atomic E-state index is 0.0197. The molecule has 4 rings (SSSR count). The van der Waals surface area contributed by atoms with Crippen molar-refractivity contribution in [2.45, 2.75) is 38.1 Å². The van der Waals surface area contributed by atoms with Crippen LogP contribution in [0, 0.1) is 5.92 Å². The summed E-state index contributed by atoms with van der Waals surface area (Å²) in [4.78, 5) is 11.2. The maximum atomic E-state index is 6.05. The molecule has 2 saturated heterocycles. The zero-order valence-corrected chi connectivity index (χ0v) is 17.6. The summed E-state index contributed by atoms with van der Waals surface area (Å²) < 4.78 is 12.1. The van der Waals surface area contributed by atoms with Crippen LogP contribution in [0.4, 0.5) is 11.6 Å². The van der Waals surface area contributed by atoms with Crippen molar-refractivity contribution in [3.63, 3.8) is 0 Å². The van der Waals surface area contributed by atoms with Crippen molar-refractivity contribution in [3.8, 4) is 11.3 Å². The number of aromatic nitrogens is 2. The lowest BCUT2D eigenvalue weighted by Crippen LogP contribution is -2.43. The van der Waals surface area contributed by atoms with E-state index in [9.17, 15) is 0 Å². The van der Waals surface area contributed by atoms with Crippen LogP contribution in [-0.2, 0) is 9.47 Å². The van der Waals surface area contributed by atoms with Gasteiger partial charge in [0.15, 0.2) is 0 Å². The van der Waals surface area contributed by atoms with Crippen molar-refractivity contribution < 1.29 is 9.47 Å². The SMILES string of the molecule is CC(C)CN[C@@H]1CO[C@@H]2[C@@H]1OC[C@@H]2Nc1nccc(-c2ccc(N(C)C)cc2)n1. The molecule has 2 N–H and O–H groups in total. The Morgan fingerprint density at radius 1 is 1.03 bits per heavy atom. The van der Waals surface area contributed by atoms with Gasteiger partial charge < -0.3 is 25.0 Å². The van der Waals surface area contributed by atoms with Gasteiger partial charge in [0.25, 0.3) is 0 Å². The summed E-state index contributed by atoms with van der Waals surface area (Å²) in [7, 11) is 4.07. The normalized spacial score (nSPS) is 26.0. The third kappa shape index (κ3) is 4.52. The molecule has 0 spiro atoms. The Morgan fingerprint density at radius 3 is 2.41 bits per heavy atom. The first-order chi connectivity index (χ1) is 14.0. The molecule has 2 fully saturated rings. The Kier molecular flexibility index (Phi) is 5.99. The van der Waals surface area contributed by atoms with Crippen molar-refractivity contribution in [2.75, 3.05) is 44.1 Å². The van der Waals surface area contributed by atoms with Crippen molar-refractivity contribution in [2.24, 2.45) is 5.92 Å². The van der Waals surface area contributed by atoms with Gasteiger partial charge in [0.05, 0.1) is 31.0 Å². The van der Waals surface area contributed by atoms with Crippen LogP contribution in [0.15, 0.2) is 36.5 Å². The first-order valence-corrected chi connectivity index (χ1v) is 10.3. The summed E-state index contributed by atoms with van der Waals surface area (Å²) in [6, 6.07) is 10.6. The van der Waals surface area contributed by atoms with E-state index in [1.807, 2.05) is 20.2 Å². The van der Waals surface area contributed by atoms with E-state index >= 15 is 0 Å². The number of fused-ring (bicyclic) bond motifs is 1. The second-order valence-electron chi connectivity index (χ2n) is 8.46. The Bertz CT molecular complexity index is 811. The van der Waals surface area contributed by atoms with E-state index in [-0.39, 0.29) is 24.3 Å². The van der Waals surface area contributed by atoms with E-state index in [1.165, 1.54) is 0 Å². The average molecular weight is 398 g/mol. The van der Waals surface area contributed by atoms with Crippen molar-refractivity contribution in [3.05, 3.63) is 36.5 Å². The molecule has 0 aliphatic carbocycles. The lowest BCUT2D eigenvalue weighted by molar-refractivity contribution is 0.0674. The van der Waals surface area contributed by atoms with Crippen LogP contribution in [0.25, 0.3) is 11.3 Å². The smallest absolute Gasteiger partial charge is 0.223 e. The van der Waals surface area contributed by atoms with Gasteiger partial charge in [0, 0.05) is 31.5 Å². The number of nitrogens with zero attached hydrogens (tertiary/aromatic N) is 3. The van der Waals surface area contributed by atoms with Gasteiger partial charge in [-0.15, -0.1) is 0 Å². The second kappa shape index (κ2) is 8.65. The maximum absolute atomic E-state index is 6.05. The van der Waals surface area contributed by atoms with Gasteiger partial charge in [0.2, 0.25) is 5.95 Å². The molecule has 0 amide bonds. The highest BCUT2D eigenvalue weighted by Gasteiger charge is 2.47. The van der Waals surface area contributed by atoms with Crippen LogP contribution < -0.4 is 15.5 Å². The number of nitrogens with one attached hydrogen (secondary N) is 2. The first kappa shape index (κ1) is 20.1. The van der Waals surface area contributed by atoms with Crippen LogP contribution in [0.2, 0.25) is 0 Å². The van der Waals surface area contributed by atoms with Gasteiger partial charge >= 0.3 is 0 Å². The van der Waals surface area contributed by atoms with Gasteiger partial charge in [-0.05, 0) is 30.7 Å². The average Bonchev–Trinajstić information content (AvgIpc) is 3.30. The van der Waals surface area contributed by atoms with Crippen molar-refractivity contribution in [1.29, 1.82) is 0 Å². The Hall–Kier alpha value is -2.22. The monoisotopic (exact) mass is 397 g/mol. The van der Waals surface area contributed by atoms with Gasteiger partial charge in [-0.2, -0.15) is 0 Å². The quantitative estimate of drug-likeness (QED) is 0.743. The van der Waals surface area contributed by atoms with Crippen LogP contribution in [0.3, 0.4) is 0 Å². The molecule has 0 saturated carbocycles. The third-order valence-corrected chi connectivity index (χ3v) is 5.49. The molecule has 0 bridgehead atoms. The Morgan fingerprint density at radius 2 is 1.72 bits per heavy atom. The highest BCUT2D eigenvalue weighted by molar-refractivity contribution is 5.63. The molecule has 4 atom stereocenters. The number of rotatable bonds is 7. The molecule has 2 aliphatic heterocycles. The highest BCUT2D eigenvalue weighted by atomic mass is 16.6. The lowest BCUT2D eigenvalue weighted by atomic mass is 10.1. The minimum atomic E-state index is 0.0197. The zero-order valence-electron chi connectivity index (χ0n) is 17.6. The van der Waals surface area contributed by atoms with Gasteiger partial charge in [-0.25, -0.2) is 9.97 Å². The largest absolute Gasteiger partial charge is 0.378 e. The van der Waals surface area contributed by atoms with Crippen LogP contribution in [0.5, 0.6) is 0 Å². The predicted octanol–water partition coefficient (Wildman–Crippen LogP) is 2.40. The molecular weight excluding hydrogens is 366 g/mol. The van der Waals surface area contributed by atoms with E-state index in [1.54, 1.807) is 6.20 Å². The first-order valence-electron chi connectivity index (χ1n) is 10.3. The summed E-state index contributed by atoms with van der Waals surface area (Å²) in [5.41, 5.74) is 3.12. The summed E-state index contributed by atoms with van der Waals surface area (Å²) in [5.74, 6) is 1.21. The molecule has 7 heteroatoms. The minimum Gasteiger partial charge on any atom is -0.378 e. The fourth-order valence-corrected chi connectivity index (χ4v) is 3.87. The number of hydrogen-bond donors (Lipinski definition) is 2. The summed E-state index contributed by atoms with van der Waals surface area (Å²) in [5, 5.41) is 7.00. The van der Waals surface area contributed by atoms with E-state index in [2.05, 4.69) is 58.6 Å². The molecule has 0 unspecified atom stereocenters. The lowest BCUT2D eigenvalue weighted by Gasteiger charge is -2.19. The molecule has 1 aromatic heterocycles. The molecule has 2 aliphatic rings. The topological polar surface area (TPSA) is 71.5 Å². The standard InChI is InChI=1S/C22H31N5O2/c1-14(2)11-24-18-12-28-21-19(13-29-20(18)21)26-22-23-10-9-17(25-22)15-5-7-16(8-6-15)27(3)4/h5-10,14,18-21,24H,11-13H2,1-4H3,(H,23,25,26)/t18-,19+,20-,21+/m1/s1. The molecule has 156 valence electrons. The summed E-state index contributed by atoms with van der Waals surface area (Å²) in [6.07, 6.45) is 1.89. The Balaban J connectivity index is 1.41. The maximum Gasteiger partial charge on any atom is 0.223 e. The number of anilines is 2. The van der Waals surface area contributed by atoms with Gasteiger partial charge in [-0.1, -0.05) is 26.0 Å². The zero-order chi connectivity index (χ0) is 20.4. The van der Waals surface area contributed by atoms with Crippen molar-refractivity contribution in [1.82, 2.24) is 15.3 Å². The summed E-state index contributed by atoms with van der Waals surface area (Å²) >= 11 is 0. The highest BCUT2D eigenvalue weighted by Crippen LogP contribution is 2.29. The van der Waals surface area contributed by atoms with Gasteiger partial charge in [0.1, 0.15) is 12.2 Å². The predicted molar refractivity (Wildman–Crippen MR) is 115 cm³/mol. The van der Waals surface area contributed by atoms with Crippen LogP contribution in [-0.4, -0.2) is 68.1 Å². The summed E-state index contributed by atoms with van der Waals surface area (Å²) in [6.45, 7) is 6.66. The van der Waals surface area contributed by atoms with E-state index < -0.39 is 0 Å². The van der Waals surface area contributed by atoms with Crippen LogP contribution in [0.1, 0.15) is 13.8 Å². The second-order valence-corrected chi connectivity index (χ2v) is 8.46. The van der Waals surface area contributed by atoms with E-state index in [0.29, 0.717) is 25.1 Å². The molecule has 2 aromatic rings. The fraction of sp³-hybridized carbons (Fsp3) is 0.545. The van der Waals surface area contributed by atoms with E-state index in [4.69, 9.17) is 14.5 Å². The molecule has 7 nitrogen and oxygen atoms in total. The van der Waals surface area contributed by atoms with E-state index in [0.717, 1.165) is 23.5 Å². The Labute approximate surface area is 172 Å². The number of benzene rings is 1. The van der Waals surface area contributed by atoms with Crippen molar-refractivity contribution >= 4 is 11.6 Å². The van der Waals surface area contributed by atoms with Gasteiger partial charge in [-0.3, -0.25) is 0 Å². The molecule has 3 heterocycles. The molecule has 0 radical (unpaired) electrons. The molecule has 29 heavy (non-hydrogen) atoms. The number of ether oxygens (including phenoxy) is 2. The fourth-order valence-electron chi connectivity index (χ4n) is 3.87. The molecule has 1 aromatic carbocycles. The third-order valence-electron chi connectivity index (χ3n) is 5.49. The number of hydrogen-bond acceptors (Lipinski definition) is 7. The van der Waals surface area contributed by atoms with Crippen LogP contribution >= 0.6 is 0 Å².